The normalized spacial score (nSPS) is 11.2. The van der Waals surface area contributed by atoms with Gasteiger partial charge in [-0.05, 0) is 36.6 Å². The fourth-order valence-corrected chi connectivity index (χ4v) is 3.09. The molecule has 0 saturated heterocycles. The maximum absolute atomic E-state index is 14.1. The smallest absolute Gasteiger partial charge is 0.266 e. The van der Waals surface area contributed by atoms with Crippen LogP contribution in [0.1, 0.15) is 0 Å². The number of thioether (sulfide) groups is 1. The van der Waals surface area contributed by atoms with Crippen molar-refractivity contribution in [3.8, 4) is 5.69 Å². The molecule has 1 aromatic heterocycles. The second-order valence-electron chi connectivity index (χ2n) is 4.60. The van der Waals surface area contributed by atoms with Crippen molar-refractivity contribution in [3.63, 3.8) is 0 Å². The number of hydrogen-bond acceptors (Lipinski definition) is 3. The number of hydrogen-bond donors (Lipinski definition) is 0. The van der Waals surface area contributed by atoms with Gasteiger partial charge < -0.3 is 0 Å². The number of rotatable bonds is 2. The number of halogens is 4. The molecule has 0 aliphatic carbocycles. The highest BCUT2D eigenvalue weighted by Gasteiger charge is 2.20. The fraction of sp³-hybridized carbons (Fsp3) is 0.0667. The summed E-state index contributed by atoms with van der Waals surface area (Å²) >= 11 is 4.35. The third-order valence-electron chi connectivity index (χ3n) is 3.24. The molecule has 0 saturated carbocycles. The van der Waals surface area contributed by atoms with Crippen molar-refractivity contribution in [1.29, 1.82) is 0 Å². The van der Waals surface area contributed by atoms with Gasteiger partial charge in [-0.3, -0.25) is 9.36 Å². The molecule has 23 heavy (non-hydrogen) atoms. The molecule has 8 heteroatoms. The standard InChI is InChI=1S/C15H8BrF3N2OS/c1-23-15-20-10-4-2-7(16)6-8(10)14(22)21(15)11-5-3-9(17)12(18)13(11)19/h2-6H,1H3. The van der Waals surface area contributed by atoms with Gasteiger partial charge in [0, 0.05) is 4.47 Å². The molecular formula is C15H8BrF3N2OS. The monoisotopic (exact) mass is 400 g/mol. The zero-order chi connectivity index (χ0) is 16.7. The van der Waals surface area contributed by atoms with Gasteiger partial charge in [0.25, 0.3) is 5.56 Å². The van der Waals surface area contributed by atoms with Crippen molar-refractivity contribution in [3.05, 3.63) is 62.6 Å². The van der Waals surface area contributed by atoms with Crippen LogP contribution in [0.3, 0.4) is 0 Å². The van der Waals surface area contributed by atoms with Crippen molar-refractivity contribution < 1.29 is 13.2 Å². The second-order valence-corrected chi connectivity index (χ2v) is 6.28. The molecule has 0 aliphatic rings. The molecule has 0 amide bonds. The zero-order valence-corrected chi connectivity index (χ0v) is 14.0. The van der Waals surface area contributed by atoms with Gasteiger partial charge in [0.15, 0.2) is 22.6 Å². The molecule has 3 aromatic rings. The van der Waals surface area contributed by atoms with Gasteiger partial charge in [-0.25, -0.2) is 18.2 Å². The van der Waals surface area contributed by atoms with Crippen molar-refractivity contribution >= 4 is 38.6 Å². The summed E-state index contributed by atoms with van der Waals surface area (Å²) in [7, 11) is 0. The number of nitrogens with zero attached hydrogens (tertiary/aromatic N) is 2. The van der Waals surface area contributed by atoms with Crippen LogP contribution in [0.4, 0.5) is 13.2 Å². The van der Waals surface area contributed by atoms with Gasteiger partial charge in [0.05, 0.1) is 16.6 Å². The van der Waals surface area contributed by atoms with Crippen molar-refractivity contribution in [2.75, 3.05) is 6.26 Å². The third-order valence-corrected chi connectivity index (χ3v) is 4.37. The summed E-state index contributed by atoms with van der Waals surface area (Å²) in [6.07, 6.45) is 1.65. The first-order valence-electron chi connectivity index (χ1n) is 6.34. The number of benzene rings is 2. The van der Waals surface area contributed by atoms with E-state index in [1.165, 1.54) is 0 Å². The molecule has 0 bridgehead atoms. The van der Waals surface area contributed by atoms with Gasteiger partial charge in [-0.15, -0.1) is 0 Å². The van der Waals surface area contributed by atoms with E-state index in [0.29, 0.717) is 9.99 Å². The van der Waals surface area contributed by atoms with E-state index >= 15 is 0 Å². The van der Waals surface area contributed by atoms with E-state index in [0.717, 1.165) is 28.5 Å². The summed E-state index contributed by atoms with van der Waals surface area (Å²) in [5.41, 5.74) is -0.514. The molecule has 1 heterocycles. The topological polar surface area (TPSA) is 34.9 Å². The average molecular weight is 401 g/mol. The van der Waals surface area contributed by atoms with Crippen molar-refractivity contribution in [2.24, 2.45) is 0 Å². The Balaban J connectivity index is 2.44. The maximum Gasteiger partial charge on any atom is 0.266 e. The van der Waals surface area contributed by atoms with Crippen molar-refractivity contribution in [1.82, 2.24) is 9.55 Å². The van der Waals surface area contributed by atoms with E-state index in [9.17, 15) is 18.0 Å². The molecule has 3 nitrogen and oxygen atoms in total. The lowest BCUT2D eigenvalue weighted by molar-refractivity contribution is 0.443. The maximum atomic E-state index is 14.1. The SMILES string of the molecule is CSc1nc2ccc(Br)cc2c(=O)n1-c1ccc(F)c(F)c1F. The highest BCUT2D eigenvalue weighted by atomic mass is 79.9. The highest BCUT2D eigenvalue weighted by Crippen LogP contribution is 2.24. The Bertz CT molecular complexity index is 991. The quantitative estimate of drug-likeness (QED) is 0.365. The lowest BCUT2D eigenvalue weighted by Crippen LogP contribution is -2.23. The van der Waals surface area contributed by atoms with E-state index in [1.807, 2.05) is 0 Å². The Morgan fingerprint density at radius 3 is 2.57 bits per heavy atom. The van der Waals surface area contributed by atoms with Crippen LogP contribution in [0, 0.1) is 17.5 Å². The van der Waals surface area contributed by atoms with Crippen LogP contribution >= 0.6 is 27.7 Å². The molecule has 3 rings (SSSR count). The van der Waals surface area contributed by atoms with Gasteiger partial charge >= 0.3 is 0 Å². The van der Waals surface area contributed by atoms with E-state index in [-0.39, 0.29) is 16.2 Å². The minimum Gasteiger partial charge on any atom is -0.268 e. The lowest BCUT2D eigenvalue weighted by Gasteiger charge is -2.13. The van der Waals surface area contributed by atoms with Crippen LogP contribution in [0.5, 0.6) is 0 Å². The third kappa shape index (κ3) is 2.66. The highest BCUT2D eigenvalue weighted by molar-refractivity contribution is 9.10. The Kier molecular flexibility index (Phi) is 4.20. The minimum absolute atomic E-state index is 0.176. The fourth-order valence-electron chi connectivity index (χ4n) is 2.18. The van der Waals surface area contributed by atoms with Gasteiger partial charge in [-0.2, -0.15) is 0 Å². The predicted octanol–water partition coefficient (Wildman–Crippen LogP) is 4.29. The molecule has 2 aromatic carbocycles. The summed E-state index contributed by atoms with van der Waals surface area (Å²) in [6, 6.07) is 6.70. The minimum atomic E-state index is -1.63. The van der Waals surface area contributed by atoms with Crippen molar-refractivity contribution in [2.45, 2.75) is 5.16 Å². The second kappa shape index (κ2) is 6.01. The van der Waals surface area contributed by atoms with E-state index in [2.05, 4.69) is 20.9 Å². The molecular weight excluding hydrogens is 393 g/mol. The largest absolute Gasteiger partial charge is 0.268 e. The van der Waals surface area contributed by atoms with Crippen LogP contribution in [-0.2, 0) is 0 Å². The Morgan fingerprint density at radius 2 is 1.87 bits per heavy atom. The van der Waals surface area contributed by atoms with Gasteiger partial charge in [-0.1, -0.05) is 27.7 Å². The molecule has 0 fully saturated rings. The summed E-state index contributed by atoms with van der Waals surface area (Å²) in [5, 5.41) is 0.413. The molecule has 0 aliphatic heterocycles. The van der Waals surface area contributed by atoms with Crippen LogP contribution in [0.25, 0.3) is 16.6 Å². The van der Waals surface area contributed by atoms with Crippen LogP contribution in [0.2, 0.25) is 0 Å². The van der Waals surface area contributed by atoms with Crippen LogP contribution in [0.15, 0.2) is 44.8 Å². The van der Waals surface area contributed by atoms with Gasteiger partial charge in [0.1, 0.15) is 0 Å². The Morgan fingerprint density at radius 1 is 1.13 bits per heavy atom. The lowest BCUT2D eigenvalue weighted by atomic mass is 10.2. The van der Waals surface area contributed by atoms with E-state index in [1.54, 1.807) is 24.5 Å². The Labute approximate surface area is 141 Å². The van der Waals surface area contributed by atoms with E-state index < -0.39 is 23.0 Å². The first-order chi connectivity index (χ1) is 10.9. The molecule has 0 atom stereocenters. The molecule has 0 unspecified atom stereocenters. The average Bonchev–Trinajstić information content (AvgIpc) is 2.54. The summed E-state index contributed by atoms with van der Waals surface area (Å²) in [5.74, 6) is -4.38. The predicted molar refractivity (Wildman–Crippen MR) is 86.7 cm³/mol. The summed E-state index contributed by atoms with van der Waals surface area (Å²) in [4.78, 5) is 17.0. The number of aromatic nitrogens is 2. The first kappa shape index (κ1) is 16.1. The van der Waals surface area contributed by atoms with E-state index in [4.69, 9.17) is 0 Å². The van der Waals surface area contributed by atoms with Gasteiger partial charge in [0.2, 0.25) is 0 Å². The first-order valence-corrected chi connectivity index (χ1v) is 8.36. The van der Waals surface area contributed by atoms with Crippen LogP contribution < -0.4 is 5.56 Å². The molecule has 0 spiro atoms. The summed E-state index contributed by atoms with van der Waals surface area (Å²) < 4.78 is 42.4. The molecule has 0 N–H and O–H groups in total. The molecule has 0 radical (unpaired) electrons. The van der Waals surface area contributed by atoms with Crippen LogP contribution in [-0.4, -0.2) is 15.8 Å². The number of fused-ring (bicyclic) bond motifs is 1. The Hall–Kier alpha value is -1.80. The zero-order valence-electron chi connectivity index (χ0n) is 11.6. The summed E-state index contributed by atoms with van der Waals surface area (Å²) in [6.45, 7) is 0. The molecule has 118 valence electrons.